The van der Waals surface area contributed by atoms with Crippen molar-refractivity contribution in [1.82, 2.24) is 0 Å². The summed E-state index contributed by atoms with van der Waals surface area (Å²) in [4.78, 5) is 0. The maximum Gasteiger partial charge on any atom is 0.171 e. The van der Waals surface area contributed by atoms with Crippen LogP contribution in [0.4, 0.5) is 0 Å². The van der Waals surface area contributed by atoms with Gasteiger partial charge in [0.05, 0.1) is 13.2 Å². The summed E-state index contributed by atoms with van der Waals surface area (Å²) in [5.41, 5.74) is 1.12. The zero-order valence-electron chi connectivity index (χ0n) is 22.1. The molecule has 9 unspecified atom stereocenters. The van der Waals surface area contributed by atoms with Gasteiger partial charge in [0.2, 0.25) is 0 Å². The molecule has 4 saturated carbocycles. The van der Waals surface area contributed by atoms with Crippen LogP contribution in [0.15, 0.2) is 0 Å². The Balaban J connectivity index is 1.30. The van der Waals surface area contributed by atoms with Gasteiger partial charge in [-0.2, -0.15) is 0 Å². The monoisotopic (exact) mass is 444 g/mol. The molecule has 9 atom stereocenters. The molecule has 0 aromatic rings. The van der Waals surface area contributed by atoms with Crippen LogP contribution in [0.2, 0.25) is 0 Å². The fourth-order valence-corrected chi connectivity index (χ4v) is 10.6. The molecule has 1 spiro atoms. The quantitative estimate of drug-likeness (QED) is 0.426. The second-order valence-corrected chi connectivity index (χ2v) is 13.9. The Morgan fingerprint density at radius 2 is 1.44 bits per heavy atom. The zero-order chi connectivity index (χ0) is 22.7. The van der Waals surface area contributed by atoms with E-state index in [-0.39, 0.29) is 5.79 Å². The minimum atomic E-state index is -0.246. The van der Waals surface area contributed by atoms with Gasteiger partial charge in [-0.25, -0.2) is 0 Å². The highest BCUT2D eigenvalue weighted by Crippen LogP contribution is 2.70. The van der Waals surface area contributed by atoms with Crippen LogP contribution in [0.3, 0.4) is 0 Å². The van der Waals surface area contributed by atoms with E-state index < -0.39 is 0 Å². The van der Waals surface area contributed by atoms with Gasteiger partial charge in [0.1, 0.15) is 0 Å². The Morgan fingerprint density at radius 3 is 2.16 bits per heavy atom. The van der Waals surface area contributed by atoms with Gasteiger partial charge in [-0.3, -0.25) is 0 Å². The summed E-state index contributed by atoms with van der Waals surface area (Å²) in [6.07, 6.45) is 15.6. The summed E-state index contributed by atoms with van der Waals surface area (Å²) in [5.74, 6) is 6.74. The lowest BCUT2D eigenvalue weighted by atomic mass is 9.43. The van der Waals surface area contributed by atoms with E-state index in [2.05, 4.69) is 41.5 Å². The van der Waals surface area contributed by atoms with Crippen molar-refractivity contribution >= 4 is 0 Å². The van der Waals surface area contributed by atoms with Crippen LogP contribution in [-0.2, 0) is 9.47 Å². The van der Waals surface area contributed by atoms with Gasteiger partial charge in [0.15, 0.2) is 5.79 Å². The van der Waals surface area contributed by atoms with Gasteiger partial charge in [0.25, 0.3) is 0 Å². The van der Waals surface area contributed by atoms with Gasteiger partial charge in [-0.05, 0) is 97.2 Å². The molecule has 5 rings (SSSR count). The number of rotatable bonds is 5. The van der Waals surface area contributed by atoms with Crippen molar-refractivity contribution in [2.24, 2.45) is 58.2 Å². The molecule has 1 heterocycles. The van der Waals surface area contributed by atoms with Gasteiger partial charge in [-0.1, -0.05) is 60.8 Å². The molecule has 4 aliphatic carbocycles. The summed E-state index contributed by atoms with van der Waals surface area (Å²) >= 11 is 0. The predicted molar refractivity (Wildman–Crippen MR) is 132 cm³/mol. The highest BCUT2D eigenvalue weighted by molar-refractivity contribution is 5.11. The van der Waals surface area contributed by atoms with Crippen LogP contribution < -0.4 is 0 Å². The van der Waals surface area contributed by atoms with E-state index in [1.165, 1.54) is 64.2 Å². The van der Waals surface area contributed by atoms with E-state index in [9.17, 15) is 0 Å². The van der Waals surface area contributed by atoms with Crippen LogP contribution in [-0.4, -0.2) is 19.0 Å². The molecule has 0 aromatic carbocycles. The third-order valence-corrected chi connectivity index (χ3v) is 12.2. The van der Waals surface area contributed by atoms with E-state index in [4.69, 9.17) is 9.47 Å². The average Bonchev–Trinajstić information content (AvgIpc) is 3.36. The minimum Gasteiger partial charge on any atom is -0.347 e. The molecule has 2 heteroatoms. The van der Waals surface area contributed by atoms with Gasteiger partial charge in [0, 0.05) is 12.3 Å². The fourth-order valence-electron chi connectivity index (χ4n) is 10.6. The lowest BCUT2D eigenvalue weighted by molar-refractivity contribution is -0.263. The molecule has 0 bridgehead atoms. The van der Waals surface area contributed by atoms with Crippen LogP contribution in [0.5, 0.6) is 0 Å². The summed E-state index contributed by atoms with van der Waals surface area (Å²) < 4.78 is 12.5. The summed E-state index contributed by atoms with van der Waals surface area (Å²) in [7, 11) is 0. The largest absolute Gasteiger partial charge is 0.347 e. The van der Waals surface area contributed by atoms with Gasteiger partial charge < -0.3 is 9.47 Å². The highest BCUT2D eigenvalue weighted by atomic mass is 16.7. The van der Waals surface area contributed by atoms with Gasteiger partial charge in [-0.15, -0.1) is 0 Å². The lowest BCUT2D eigenvalue weighted by Gasteiger charge is -2.63. The number of hydrogen-bond donors (Lipinski definition) is 0. The minimum absolute atomic E-state index is 0.246. The third-order valence-electron chi connectivity index (χ3n) is 12.2. The highest BCUT2D eigenvalue weighted by Gasteiger charge is 2.64. The second-order valence-electron chi connectivity index (χ2n) is 13.9. The van der Waals surface area contributed by atoms with Crippen molar-refractivity contribution < 1.29 is 9.47 Å². The molecule has 184 valence electrons. The van der Waals surface area contributed by atoms with Crippen molar-refractivity contribution in [2.45, 2.75) is 118 Å². The first kappa shape index (κ1) is 23.7. The first-order valence-electron chi connectivity index (χ1n) is 14.5. The summed E-state index contributed by atoms with van der Waals surface area (Å²) in [5, 5.41) is 0. The summed E-state index contributed by atoms with van der Waals surface area (Å²) in [6.45, 7) is 16.9. The zero-order valence-corrected chi connectivity index (χ0v) is 22.1. The molecular formula is C30H52O2. The Morgan fingerprint density at radius 1 is 0.750 bits per heavy atom. The van der Waals surface area contributed by atoms with E-state index >= 15 is 0 Å². The predicted octanol–water partition coefficient (Wildman–Crippen LogP) is 8.10. The Bertz CT molecular complexity index is 666. The number of fused-ring (bicyclic) bond motifs is 5. The van der Waals surface area contributed by atoms with Crippen LogP contribution >= 0.6 is 0 Å². The van der Waals surface area contributed by atoms with Crippen LogP contribution in [0.25, 0.3) is 0 Å². The first-order chi connectivity index (χ1) is 15.2. The Kier molecular flexibility index (Phi) is 6.31. The summed E-state index contributed by atoms with van der Waals surface area (Å²) in [6, 6.07) is 0. The van der Waals surface area contributed by atoms with Crippen LogP contribution in [0.1, 0.15) is 112 Å². The van der Waals surface area contributed by atoms with Crippen LogP contribution in [0, 0.1) is 58.2 Å². The van der Waals surface area contributed by atoms with Crippen molar-refractivity contribution in [1.29, 1.82) is 0 Å². The third kappa shape index (κ3) is 3.55. The lowest BCUT2D eigenvalue weighted by Crippen LogP contribution is -2.59. The fraction of sp³-hybridized carbons (Fsp3) is 1.00. The smallest absolute Gasteiger partial charge is 0.171 e. The molecule has 5 aliphatic rings. The van der Waals surface area contributed by atoms with Gasteiger partial charge >= 0.3 is 0 Å². The average molecular weight is 445 g/mol. The molecule has 32 heavy (non-hydrogen) atoms. The molecular weight excluding hydrogens is 392 g/mol. The topological polar surface area (TPSA) is 18.5 Å². The second kappa shape index (κ2) is 8.54. The SMILES string of the molecule is CC(C)CCCC(C)C1CCC2C3CCC4C(C)C5(CCC4(C)C3CCC12C)OCCO5. The van der Waals surface area contributed by atoms with E-state index in [0.717, 1.165) is 61.1 Å². The molecule has 2 nitrogen and oxygen atoms in total. The van der Waals surface area contributed by atoms with E-state index in [0.29, 0.717) is 16.7 Å². The molecule has 0 N–H and O–H groups in total. The first-order valence-corrected chi connectivity index (χ1v) is 14.5. The maximum absolute atomic E-state index is 6.27. The Labute approximate surface area is 199 Å². The van der Waals surface area contributed by atoms with Crippen molar-refractivity contribution in [3.63, 3.8) is 0 Å². The normalized spacial score (nSPS) is 48.5. The molecule has 0 amide bonds. The number of hydrogen-bond acceptors (Lipinski definition) is 2. The van der Waals surface area contributed by atoms with E-state index in [1.807, 2.05) is 0 Å². The standard InChI is InChI=1S/C30H52O2/c1-20(2)8-7-9-21(3)24-12-13-26-23-10-11-25-22(4)30(31-18-19-32-30)17-16-29(25,6)27(23)14-15-28(24,26)5/h20-27H,7-19H2,1-6H3. The number of ether oxygens (including phenoxy) is 2. The molecule has 5 fully saturated rings. The van der Waals surface area contributed by atoms with Crippen molar-refractivity contribution in [3.8, 4) is 0 Å². The molecule has 0 aromatic heterocycles. The van der Waals surface area contributed by atoms with Crippen molar-refractivity contribution in [3.05, 3.63) is 0 Å². The Hall–Kier alpha value is -0.0800. The van der Waals surface area contributed by atoms with Crippen molar-refractivity contribution in [2.75, 3.05) is 13.2 Å². The maximum atomic E-state index is 6.27. The molecule has 1 saturated heterocycles. The van der Waals surface area contributed by atoms with E-state index in [1.54, 1.807) is 0 Å². The molecule has 1 aliphatic heterocycles. The molecule has 0 radical (unpaired) electrons.